The van der Waals surface area contributed by atoms with E-state index >= 15 is 0 Å². The predicted molar refractivity (Wildman–Crippen MR) is 117 cm³/mol. The molecule has 6 nitrogen and oxygen atoms in total. The van der Waals surface area contributed by atoms with E-state index in [-0.39, 0.29) is 18.2 Å². The summed E-state index contributed by atoms with van der Waals surface area (Å²) in [6.45, 7) is 2.30. The highest BCUT2D eigenvalue weighted by Crippen LogP contribution is 2.25. The van der Waals surface area contributed by atoms with E-state index in [4.69, 9.17) is 0 Å². The lowest BCUT2D eigenvalue weighted by molar-refractivity contribution is -0.132. The number of rotatable bonds is 5. The number of carbonyl (C=O) groups excluding carboxylic acids is 2. The molecule has 6 heteroatoms. The SMILES string of the molecule is Cc1ccc(-c2ccncc2)cc1NC(=O)C1=NN(Cc2ccccc2)C(=O)CC1. The summed E-state index contributed by atoms with van der Waals surface area (Å²) < 4.78 is 0. The molecule has 1 N–H and O–H groups in total. The molecule has 30 heavy (non-hydrogen) atoms. The molecule has 4 rings (SSSR count). The molecule has 0 fully saturated rings. The number of pyridine rings is 1. The maximum absolute atomic E-state index is 12.9. The Morgan fingerprint density at radius 3 is 2.53 bits per heavy atom. The first-order valence-electron chi connectivity index (χ1n) is 9.84. The van der Waals surface area contributed by atoms with Gasteiger partial charge in [0.2, 0.25) is 5.91 Å². The summed E-state index contributed by atoms with van der Waals surface area (Å²) in [5.41, 5.74) is 5.02. The van der Waals surface area contributed by atoms with Crippen molar-refractivity contribution < 1.29 is 9.59 Å². The molecule has 0 bridgehead atoms. The van der Waals surface area contributed by atoms with E-state index in [9.17, 15) is 9.59 Å². The van der Waals surface area contributed by atoms with Gasteiger partial charge in [-0.2, -0.15) is 5.10 Å². The first-order valence-corrected chi connectivity index (χ1v) is 9.84. The Bertz CT molecular complexity index is 1090. The van der Waals surface area contributed by atoms with Crippen molar-refractivity contribution in [3.05, 3.63) is 84.2 Å². The molecule has 1 aromatic heterocycles. The molecule has 0 radical (unpaired) electrons. The normalized spacial score (nSPS) is 13.7. The molecule has 0 saturated heterocycles. The Hall–Kier alpha value is -3.80. The number of benzene rings is 2. The molecule has 2 amide bonds. The van der Waals surface area contributed by atoms with Gasteiger partial charge in [0.05, 0.1) is 6.54 Å². The Labute approximate surface area is 175 Å². The number of hydrazone groups is 1. The number of hydrogen-bond acceptors (Lipinski definition) is 4. The van der Waals surface area contributed by atoms with Crippen LogP contribution in [0.2, 0.25) is 0 Å². The molecule has 3 aromatic rings. The van der Waals surface area contributed by atoms with Gasteiger partial charge in [0.1, 0.15) is 5.71 Å². The van der Waals surface area contributed by atoms with Crippen LogP contribution < -0.4 is 5.32 Å². The number of nitrogens with zero attached hydrogens (tertiary/aromatic N) is 3. The smallest absolute Gasteiger partial charge is 0.271 e. The quantitative estimate of drug-likeness (QED) is 0.701. The van der Waals surface area contributed by atoms with Crippen molar-refractivity contribution >= 4 is 23.2 Å². The molecular formula is C24H22N4O2. The lowest BCUT2D eigenvalue weighted by Crippen LogP contribution is -2.36. The van der Waals surface area contributed by atoms with Crippen molar-refractivity contribution in [3.8, 4) is 11.1 Å². The van der Waals surface area contributed by atoms with Crippen LogP contribution in [0.5, 0.6) is 0 Å². The second-order valence-electron chi connectivity index (χ2n) is 7.20. The lowest BCUT2D eigenvalue weighted by atomic mass is 10.0. The number of nitrogens with one attached hydrogen (secondary N) is 1. The van der Waals surface area contributed by atoms with Crippen LogP contribution >= 0.6 is 0 Å². The van der Waals surface area contributed by atoms with Gasteiger partial charge in [0.15, 0.2) is 0 Å². The van der Waals surface area contributed by atoms with Crippen molar-refractivity contribution in [3.63, 3.8) is 0 Å². The van der Waals surface area contributed by atoms with Crippen molar-refractivity contribution in [2.24, 2.45) is 5.10 Å². The number of hydrogen-bond donors (Lipinski definition) is 1. The fourth-order valence-electron chi connectivity index (χ4n) is 3.32. The van der Waals surface area contributed by atoms with Crippen molar-refractivity contribution in [2.75, 3.05) is 5.32 Å². The Kier molecular flexibility index (Phi) is 5.66. The van der Waals surface area contributed by atoms with Gasteiger partial charge < -0.3 is 5.32 Å². The van der Waals surface area contributed by atoms with Gasteiger partial charge in [-0.1, -0.05) is 42.5 Å². The molecule has 2 heterocycles. The van der Waals surface area contributed by atoms with Gasteiger partial charge in [-0.15, -0.1) is 0 Å². The molecular weight excluding hydrogens is 376 g/mol. The molecule has 1 aliphatic rings. The maximum Gasteiger partial charge on any atom is 0.271 e. The summed E-state index contributed by atoms with van der Waals surface area (Å²) >= 11 is 0. The van der Waals surface area contributed by atoms with Gasteiger partial charge in [0, 0.05) is 30.9 Å². The van der Waals surface area contributed by atoms with E-state index in [1.165, 1.54) is 5.01 Å². The zero-order valence-electron chi connectivity index (χ0n) is 16.7. The molecule has 0 aliphatic carbocycles. The van der Waals surface area contributed by atoms with Crippen LogP contribution in [0.3, 0.4) is 0 Å². The van der Waals surface area contributed by atoms with E-state index in [0.29, 0.717) is 18.7 Å². The standard InChI is InChI=1S/C24H22N4O2/c1-17-7-8-20(19-11-13-25-14-12-19)15-22(17)26-24(30)21-9-10-23(29)28(27-21)16-18-5-3-2-4-6-18/h2-8,11-15H,9-10,16H2,1H3,(H,26,30). The van der Waals surface area contributed by atoms with Gasteiger partial charge in [-0.25, -0.2) is 5.01 Å². The number of carbonyl (C=O) groups is 2. The Balaban J connectivity index is 1.53. The van der Waals surface area contributed by atoms with Crippen LogP contribution in [0.25, 0.3) is 11.1 Å². The van der Waals surface area contributed by atoms with Crippen molar-refractivity contribution in [2.45, 2.75) is 26.3 Å². The highest BCUT2D eigenvalue weighted by atomic mass is 16.2. The van der Waals surface area contributed by atoms with Gasteiger partial charge >= 0.3 is 0 Å². The zero-order valence-corrected chi connectivity index (χ0v) is 16.7. The first-order chi connectivity index (χ1) is 14.6. The fraction of sp³-hybridized carbons (Fsp3) is 0.167. The molecule has 150 valence electrons. The summed E-state index contributed by atoms with van der Waals surface area (Å²) in [5, 5.41) is 8.69. The van der Waals surface area contributed by atoms with E-state index in [0.717, 1.165) is 27.9 Å². The highest BCUT2D eigenvalue weighted by Gasteiger charge is 2.25. The van der Waals surface area contributed by atoms with Crippen molar-refractivity contribution in [1.82, 2.24) is 9.99 Å². The third-order valence-corrected chi connectivity index (χ3v) is 5.04. The molecule has 0 atom stereocenters. The topological polar surface area (TPSA) is 74.7 Å². The number of anilines is 1. The number of amides is 2. The van der Waals surface area contributed by atoms with Crippen LogP contribution in [0.1, 0.15) is 24.0 Å². The zero-order chi connectivity index (χ0) is 20.9. The van der Waals surface area contributed by atoms with Gasteiger partial charge in [-0.05, 0) is 47.4 Å². The minimum atomic E-state index is -0.282. The number of aromatic nitrogens is 1. The fourth-order valence-corrected chi connectivity index (χ4v) is 3.32. The summed E-state index contributed by atoms with van der Waals surface area (Å²) in [6, 6.07) is 19.4. The molecule has 0 unspecified atom stereocenters. The second kappa shape index (κ2) is 8.69. The minimum Gasteiger partial charge on any atom is -0.321 e. The number of aryl methyl sites for hydroxylation is 1. The summed E-state index contributed by atoms with van der Waals surface area (Å²) in [4.78, 5) is 29.2. The van der Waals surface area contributed by atoms with E-state index in [1.54, 1.807) is 12.4 Å². The largest absolute Gasteiger partial charge is 0.321 e. The Morgan fingerprint density at radius 1 is 1.00 bits per heavy atom. The summed E-state index contributed by atoms with van der Waals surface area (Å²) in [7, 11) is 0. The Morgan fingerprint density at radius 2 is 1.77 bits per heavy atom. The molecule has 0 saturated carbocycles. The third kappa shape index (κ3) is 4.43. The monoisotopic (exact) mass is 398 g/mol. The molecule has 0 spiro atoms. The van der Waals surface area contributed by atoms with Crippen LogP contribution in [0, 0.1) is 6.92 Å². The van der Waals surface area contributed by atoms with E-state index in [1.807, 2.05) is 67.6 Å². The maximum atomic E-state index is 12.9. The van der Waals surface area contributed by atoms with Crippen LogP contribution in [0.4, 0.5) is 5.69 Å². The predicted octanol–water partition coefficient (Wildman–Crippen LogP) is 4.17. The third-order valence-electron chi connectivity index (χ3n) is 5.04. The highest BCUT2D eigenvalue weighted by molar-refractivity contribution is 6.43. The average Bonchev–Trinajstić information content (AvgIpc) is 2.78. The first kappa shape index (κ1) is 19.5. The lowest BCUT2D eigenvalue weighted by Gasteiger charge is -2.23. The molecule has 1 aliphatic heterocycles. The van der Waals surface area contributed by atoms with Gasteiger partial charge in [0.25, 0.3) is 5.91 Å². The van der Waals surface area contributed by atoms with Crippen LogP contribution in [0.15, 0.2) is 78.2 Å². The minimum absolute atomic E-state index is 0.0775. The summed E-state index contributed by atoms with van der Waals surface area (Å²) in [6.07, 6.45) is 4.08. The average molecular weight is 398 g/mol. The van der Waals surface area contributed by atoms with Crippen LogP contribution in [-0.4, -0.2) is 27.5 Å². The second-order valence-corrected chi connectivity index (χ2v) is 7.20. The summed E-state index contributed by atoms with van der Waals surface area (Å²) in [5.74, 6) is -0.359. The van der Waals surface area contributed by atoms with Gasteiger partial charge in [-0.3, -0.25) is 14.6 Å². The van der Waals surface area contributed by atoms with E-state index in [2.05, 4.69) is 15.4 Å². The molecule has 2 aromatic carbocycles. The van der Waals surface area contributed by atoms with E-state index < -0.39 is 0 Å². The van der Waals surface area contributed by atoms with Crippen LogP contribution in [-0.2, 0) is 16.1 Å². The van der Waals surface area contributed by atoms with Crippen molar-refractivity contribution in [1.29, 1.82) is 0 Å².